The number of hydrogen-bond acceptors (Lipinski definition) is 3. The number of carbonyl (C=O) groups excluding carboxylic acids is 2. The van der Waals surface area contributed by atoms with E-state index in [1.807, 2.05) is 30.3 Å². The van der Waals surface area contributed by atoms with Crippen LogP contribution >= 0.6 is 0 Å². The van der Waals surface area contributed by atoms with Crippen LogP contribution in [0.5, 0.6) is 0 Å². The summed E-state index contributed by atoms with van der Waals surface area (Å²) in [7, 11) is 0. The smallest absolute Gasteiger partial charge is 0.321 e. The zero-order chi connectivity index (χ0) is 16.2. The van der Waals surface area contributed by atoms with Gasteiger partial charge in [-0.2, -0.15) is 0 Å². The minimum absolute atomic E-state index is 0.455. The molecule has 0 aromatic heterocycles. The van der Waals surface area contributed by atoms with Crippen molar-refractivity contribution in [2.45, 2.75) is 12.8 Å². The maximum Gasteiger partial charge on any atom is 0.321 e. The van der Waals surface area contributed by atoms with E-state index in [1.165, 1.54) is 4.90 Å². The zero-order valence-electron chi connectivity index (χ0n) is 12.8. The molecule has 2 amide bonds. The van der Waals surface area contributed by atoms with Gasteiger partial charge in [0.05, 0.1) is 0 Å². The van der Waals surface area contributed by atoms with Gasteiger partial charge in [0.25, 0.3) is 0 Å². The molecule has 2 aromatic rings. The topological polar surface area (TPSA) is 66.6 Å². The van der Waals surface area contributed by atoms with Gasteiger partial charge in [-0.05, 0) is 49.2 Å². The number of rotatable bonds is 2. The highest BCUT2D eigenvalue weighted by atomic mass is 16.2. The number of benzene rings is 2. The summed E-state index contributed by atoms with van der Waals surface area (Å²) in [4.78, 5) is 28.4. The Morgan fingerprint density at radius 1 is 0.870 bits per heavy atom. The predicted molar refractivity (Wildman–Crippen MR) is 90.3 cm³/mol. The molecule has 1 aliphatic heterocycles. The van der Waals surface area contributed by atoms with Crippen LogP contribution < -0.4 is 10.6 Å². The van der Waals surface area contributed by atoms with Gasteiger partial charge in [0.1, 0.15) is 0 Å². The van der Waals surface area contributed by atoms with E-state index in [0.29, 0.717) is 30.2 Å². The second-order valence-corrected chi connectivity index (χ2v) is 5.57. The lowest BCUT2D eigenvalue weighted by Gasteiger charge is -2.25. The van der Waals surface area contributed by atoms with Gasteiger partial charge in [0.15, 0.2) is 0 Å². The van der Waals surface area contributed by atoms with Gasteiger partial charge in [0.2, 0.25) is 0 Å². The van der Waals surface area contributed by atoms with Crippen LogP contribution in [0, 0.1) is 0 Å². The second kappa shape index (κ2) is 6.52. The van der Waals surface area contributed by atoms with Crippen molar-refractivity contribution >= 4 is 28.9 Å². The van der Waals surface area contributed by atoms with Crippen LogP contribution in [0.25, 0.3) is 0 Å². The summed E-state index contributed by atoms with van der Waals surface area (Å²) >= 11 is 0. The second-order valence-electron chi connectivity index (χ2n) is 5.57. The molecule has 0 radical (unpaired) electrons. The van der Waals surface area contributed by atoms with Gasteiger partial charge in [-0.1, -0.05) is 18.2 Å². The van der Waals surface area contributed by atoms with Crippen LogP contribution in [0.3, 0.4) is 0 Å². The summed E-state index contributed by atoms with van der Waals surface area (Å²) in [6, 6.07) is 16.1. The van der Waals surface area contributed by atoms with Crippen molar-refractivity contribution in [3.63, 3.8) is 0 Å². The highest BCUT2D eigenvalue weighted by Gasteiger charge is 2.30. The quantitative estimate of drug-likeness (QED) is 0.685. The number of para-hydroxylation sites is 1. The molecule has 118 valence electrons. The summed E-state index contributed by atoms with van der Waals surface area (Å²) in [6.45, 7) is 1.30. The van der Waals surface area contributed by atoms with Crippen LogP contribution in [0.2, 0.25) is 0 Å². The molecule has 0 aliphatic carbocycles. The first-order chi connectivity index (χ1) is 11.2. The number of nitrogens with two attached hydrogens (primary N) is 1. The molecule has 23 heavy (non-hydrogen) atoms. The predicted octanol–water partition coefficient (Wildman–Crippen LogP) is 2.56. The lowest BCUT2D eigenvalue weighted by atomic mass is 10.2. The fourth-order valence-corrected chi connectivity index (χ4v) is 2.74. The van der Waals surface area contributed by atoms with Crippen molar-refractivity contribution in [1.82, 2.24) is 4.90 Å². The van der Waals surface area contributed by atoms with Crippen LogP contribution in [-0.2, 0) is 9.59 Å². The molecule has 1 fully saturated rings. The Morgan fingerprint density at radius 2 is 1.43 bits per heavy atom. The van der Waals surface area contributed by atoms with E-state index in [0.717, 1.165) is 12.8 Å². The molecule has 2 aromatic carbocycles. The minimum Gasteiger partial charge on any atom is -0.399 e. The largest absolute Gasteiger partial charge is 0.399 e. The number of nitrogens with zero attached hydrogens (tertiary/aromatic N) is 2. The first-order valence-corrected chi connectivity index (χ1v) is 7.71. The summed E-state index contributed by atoms with van der Waals surface area (Å²) in [5.41, 5.74) is 7.62. The standard InChI is InChI=1S/C18H19N3O2/c19-14-8-10-16(11-9-14)21(15-6-2-1-3-7-15)18(23)17(22)20-12-4-5-13-20/h1-3,6-11H,4-5,12-13,19H2. The lowest BCUT2D eigenvalue weighted by Crippen LogP contribution is -2.42. The van der Waals surface area contributed by atoms with Crippen molar-refractivity contribution in [2.75, 3.05) is 23.7 Å². The lowest BCUT2D eigenvalue weighted by molar-refractivity contribution is -0.143. The van der Waals surface area contributed by atoms with Crippen molar-refractivity contribution in [3.8, 4) is 0 Å². The van der Waals surface area contributed by atoms with Gasteiger partial charge >= 0.3 is 11.8 Å². The molecule has 0 saturated carbocycles. The van der Waals surface area contributed by atoms with Gasteiger partial charge in [-0.3, -0.25) is 14.5 Å². The average Bonchev–Trinajstić information content (AvgIpc) is 3.11. The SMILES string of the molecule is Nc1ccc(N(C(=O)C(=O)N2CCCC2)c2ccccc2)cc1. The number of hydrogen-bond donors (Lipinski definition) is 1. The Kier molecular flexibility index (Phi) is 4.28. The van der Waals surface area contributed by atoms with E-state index in [4.69, 9.17) is 5.73 Å². The van der Waals surface area contributed by atoms with Gasteiger partial charge in [-0.15, -0.1) is 0 Å². The highest BCUT2D eigenvalue weighted by Crippen LogP contribution is 2.27. The molecule has 1 aliphatic rings. The van der Waals surface area contributed by atoms with E-state index in [2.05, 4.69) is 0 Å². The summed E-state index contributed by atoms with van der Waals surface area (Å²) in [5.74, 6) is -0.994. The first-order valence-electron chi connectivity index (χ1n) is 7.71. The Balaban J connectivity index is 1.96. The van der Waals surface area contributed by atoms with Crippen molar-refractivity contribution < 1.29 is 9.59 Å². The Hall–Kier alpha value is -2.82. The van der Waals surface area contributed by atoms with Gasteiger partial charge in [0, 0.05) is 30.2 Å². The average molecular weight is 309 g/mol. The molecule has 0 spiro atoms. The summed E-state index contributed by atoms with van der Waals surface area (Å²) in [6.07, 6.45) is 1.90. The Labute approximate surface area is 135 Å². The van der Waals surface area contributed by atoms with Crippen LogP contribution in [0.15, 0.2) is 54.6 Å². The molecular weight excluding hydrogens is 290 g/mol. The summed E-state index contributed by atoms with van der Waals surface area (Å²) < 4.78 is 0. The first kappa shape index (κ1) is 15.1. The number of likely N-dealkylation sites (tertiary alicyclic amines) is 1. The fraction of sp³-hybridized carbons (Fsp3) is 0.222. The molecule has 5 nitrogen and oxygen atoms in total. The third-order valence-electron chi connectivity index (χ3n) is 3.94. The normalized spacial score (nSPS) is 13.8. The maximum atomic E-state index is 12.8. The van der Waals surface area contributed by atoms with Crippen molar-refractivity contribution in [1.29, 1.82) is 0 Å². The molecule has 0 unspecified atom stereocenters. The summed E-state index contributed by atoms with van der Waals surface area (Å²) in [5, 5.41) is 0. The number of anilines is 3. The maximum absolute atomic E-state index is 12.8. The number of amides is 2. The van der Waals surface area contributed by atoms with E-state index in [1.54, 1.807) is 29.2 Å². The molecule has 5 heteroatoms. The zero-order valence-corrected chi connectivity index (χ0v) is 12.8. The third kappa shape index (κ3) is 3.18. The van der Waals surface area contributed by atoms with E-state index in [-0.39, 0.29) is 0 Å². The molecule has 0 bridgehead atoms. The van der Waals surface area contributed by atoms with Gasteiger partial charge in [-0.25, -0.2) is 0 Å². The van der Waals surface area contributed by atoms with Crippen molar-refractivity contribution in [3.05, 3.63) is 54.6 Å². The van der Waals surface area contributed by atoms with Gasteiger partial charge < -0.3 is 10.6 Å². The fourth-order valence-electron chi connectivity index (χ4n) is 2.74. The van der Waals surface area contributed by atoms with Crippen LogP contribution in [-0.4, -0.2) is 29.8 Å². The van der Waals surface area contributed by atoms with E-state index in [9.17, 15) is 9.59 Å². The third-order valence-corrected chi connectivity index (χ3v) is 3.94. The van der Waals surface area contributed by atoms with Crippen molar-refractivity contribution in [2.24, 2.45) is 0 Å². The molecule has 3 rings (SSSR count). The molecule has 1 heterocycles. The van der Waals surface area contributed by atoms with Crippen LogP contribution in [0.1, 0.15) is 12.8 Å². The molecule has 1 saturated heterocycles. The Bertz CT molecular complexity index is 692. The van der Waals surface area contributed by atoms with E-state index < -0.39 is 11.8 Å². The highest BCUT2D eigenvalue weighted by molar-refractivity contribution is 6.42. The Morgan fingerprint density at radius 3 is 2.04 bits per heavy atom. The van der Waals surface area contributed by atoms with Crippen LogP contribution in [0.4, 0.5) is 17.1 Å². The molecule has 0 atom stereocenters. The minimum atomic E-state index is -0.539. The molecule has 2 N–H and O–H groups in total. The monoisotopic (exact) mass is 309 g/mol. The molecular formula is C18H19N3O2. The number of nitrogen functional groups attached to an aromatic ring is 1. The van der Waals surface area contributed by atoms with E-state index >= 15 is 0 Å². The number of carbonyl (C=O) groups is 2.